The molecule has 0 radical (unpaired) electrons. The average Bonchev–Trinajstić information content (AvgIpc) is 3.62. The number of carbonyl (C=O) groups is 1. The number of hydrogen-bond donors (Lipinski definition) is 5. The van der Waals surface area contributed by atoms with Gasteiger partial charge < -0.3 is 25.9 Å². The molecule has 1 fully saturated rings. The molecule has 4 aromatic rings. The SMILES string of the molecule is Cc1cc(C(=N)N)cc(C)c1CNc1cc(NCc2cn3cc(C4CC4)ccc3n2)cnn1.O=CO. The van der Waals surface area contributed by atoms with Gasteiger partial charge in [0, 0.05) is 30.6 Å². The molecule has 0 aliphatic heterocycles. The second-order valence-corrected chi connectivity index (χ2v) is 8.88. The highest BCUT2D eigenvalue weighted by Crippen LogP contribution is 2.39. The molecule has 3 heterocycles. The first-order valence-corrected chi connectivity index (χ1v) is 11.7. The molecule has 1 aliphatic rings. The highest BCUT2D eigenvalue weighted by atomic mass is 16.3. The highest BCUT2D eigenvalue weighted by Gasteiger charge is 2.23. The van der Waals surface area contributed by atoms with Crippen molar-refractivity contribution in [1.29, 1.82) is 5.41 Å². The van der Waals surface area contributed by atoms with Crippen molar-refractivity contribution >= 4 is 29.5 Å². The lowest BCUT2D eigenvalue weighted by Gasteiger charge is -2.14. The lowest BCUT2D eigenvalue weighted by Crippen LogP contribution is -2.13. The minimum atomic E-state index is -0.250. The van der Waals surface area contributed by atoms with Crippen LogP contribution >= 0.6 is 0 Å². The van der Waals surface area contributed by atoms with Gasteiger partial charge in [-0.15, -0.1) is 5.10 Å². The van der Waals surface area contributed by atoms with E-state index in [0.29, 0.717) is 18.9 Å². The van der Waals surface area contributed by atoms with E-state index in [0.717, 1.165) is 45.2 Å². The fourth-order valence-corrected chi connectivity index (χ4v) is 4.15. The summed E-state index contributed by atoms with van der Waals surface area (Å²) in [5, 5.41) is 29.6. The number of aromatic nitrogens is 4. The van der Waals surface area contributed by atoms with Crippen LogP contribution in [0.15, 0.2) is 48.9 Å². The molecule has 36 heavy (non-hydrogen) atoms. The summed E-state index contributed by atoms with van der Waals surface area (Å²) in [6.45, 7) is 5.03. The number of nitrogens with zero attached hydrogens (tertiary/aromatic N) is 4. The summed E-state index contributed by atoms with van der Waals surface area (Å²) in [5.41, 5.74) is 13.9. The Bertz CT molecular complexity index is 1370. The van der Waals surface area contributed by atoms with Crippen molar-refractivity contribution in [3.8, 4) is 0 Å². The van der Waals surface area contributed by atoms with E-state index >= 15 is 0 Å². The van der Waals surface area contributed by atoms with Crippen molar-refractivity contribution in [3.05, 3.63) is 82.4 Å². The molecule has 1 aromatic carbocycles. The maximum Gasteiger partial charge on any atom is 0.290 e. The Morgan fingerprint density at radius 3 is 2.56 bits per heavy atom. The Morgan fingerprint density at radius 2 is 1.89 bits per heavy atom. The number of fused-ring (bicyclic) bond motifs is 1. The van der Waals surface area contributed by atoms with Crippen LogP contribution in [-0.4, -0.2) is 37.0 Å². The lowest BCUT2D eigenvalue weighted by atomic mass is 9.99. The van der Waals surface area contributed by atoms with Crippen molar-refractivity contribution in [2.24, 2.45) is 5.73 Å². The number of rotatable bonds is 8. The zero-order valence-electron chi connectivity index (χ0n) is 20.3. The molecule has 0 bridgehead atoms. The molecule has 0 unspecified atom stereocenters. The van der Waals surface area contributed by atoms with Crippen molar-refractivity contribution in [1.82, 2.24) is 19.6 Å². The van der Waals surface area contributed by atoms with Crippen LogP contribution < -0.4 is 16.4 Å². The third-order valence-electron chi connectivity index (χ3n) is 6.15. The Kier molecular flexibility index (Phi) is 7.43. The van der Waals surface area contributed by atoms with E-state index in [1.165, 1.54) is 18.4 Å². The zero-order valence-corrected chi connectivity index (χ0v) is 20.3. The Balaban J connectivity index is 0.000000967. The fourth-order valence-electron chi connectivity index (χ4n) is 4.15. The van der Waals surface area contributed by atoms with Crippen molar-refractivity contribution in [2.75, 3.05) is 10.6 Å². The molecular formula is C26H30N8O2. The van der Waals surface area contributed by atoms with Crippen molar-refractivity contribution < 1.29 is 9.90 Å². The van der Waals surface area contributed by atoms with E-state index in [-0.39, 0.29) is 12.3 Å². The van der Waals surface area contributed by atoms with Gasteiger partial charge in [0.25, 0.3) is 6.47 Å². The number of nitrogen functional groups attached to an aromatic ring is 1. The van der Waals surface area contributed by atoms with E-state index in [1.807, 2.05) is 32.0 Å². The maximum atomic E-state index is 8.36. The first-order chi connectivity index (χ1) is 17.4. The second kappa shape index (κ2) is 10.9. The maximum absolute atomic E-state index is 8.36. The third kappa shape index (κ3) is 5.96. The topological polar surface area (TPSA) is 154 Å². The summed E-state index contributed by atoms with van der Waals surface area (Å²) in [7, 11) is 0. The number of carboxylic acid groups (broad SMARTS) is 1. The number of aryl methyl sites for hydroxylation is 2. The number of nitrogens with one attached hydrogen (secondary N) is 3. The van der Waals surface area contributed by atoms with Gasteiger partial charge in [0.05, 0.1) is 24.1 Å². The van der Waals surface area contributed by atoms with Crippen LogP contribution in [0.5, 0.6) is 0 Å². The van der Waals surface area contributed by atoms with Gasteiger partial charge in [0.15, 0.2) is 5.82 Å². The largest absolute Gasteiger partial charge is 0.483 e. The smallest absolute Gasteiger partial charge is 0.290 e. The van der Waals surface area contributed by atoms with Crippen molar-refractivity contribution in [2.45, 2.75) is 45.7 Å². The zero-order chi connectivity index (χ0) is 25.7. The molecule has 3 aromatic heterocycles. The first-order valence-electron chi connectivity index (χ1n) is 11.7. The Hall–Kier alpha value is -4.47. The first kappa shape index (κ1) is 24.6. The van der Waals surface area contributed by atoms with E-state index < -0.39 is 0 Å². The molecular weight excluding hydrogens is 456 g/mol. The number of pyridine rings is 1. The molecule has 6 N–H and O–H groups in total. The van der Waals surface area contributed by atoms with E-state index in [1.54, 1.807) is 6.20 Å². The molecule has 186 valence electrons. The van der Waals surface area contributed by atoms with Crippen LogP contribution in [0.1, 0.15) is 52.3 Å². The quantitative estimate of drug-likeness (QED) is 0.143. The van der Waals surface area contributed by atoms with E-state index in [4.69, 9.17) is 26.0 Å². The van der Waals surface area contributed by atoms with Crippen LogP contribution in [0.4, 0.5) is 11.5 Å². The van der Waals surface area contributed by atoms with Crippen LogP contribution in [0.3, 0.4) is 0 Å². The fraction of sp³-hybridized carbons (Fsp3) is 0.269. The van der Waals surface area contributed by atoms with Gasteiger partial charge in [-0.05, 0) is 73.1 Å². The molecule has 1 saturated carbocycles. The minimum Gasteiger partial charge on any atom is -0.483 e. The summed E-state index contributed by atoms with van der Waals surface area (Å²) in [6.07, 6.45) is 8.58. The summed E-state index contributed by atoms with van der Waals surface area (Å²) < 4.78 is 2.12. The van der Waals surface area contributed by atoms with Gasteiger partial charge in [-0.25, -0.2) is 4.98 Å². The molecule has 0 saturated heterocycles. The van der Waals surface area contributed by atoms with Crippen LogP contribution in [-0.2, 0) is 17.9 Å². The number of amidine groups is 1. The minimum absolute atomic E-state index is 0.0827. The van der Waals surface area contributed by atoms with Gasteiger partial charge >= 0.3 is 0 Å². The van der Waals surface area contributed by atoms with Crippen LogP contribution in [0.25, 0.3) is 5.65 Å². The summed E-state index contributed by atoms with van der Waals surface area (Å²) in [6, 6.07) is 10.1. The number of benzene rings is 1. The summed E-state index contributed by atoms with van der Waals surface area (Å²) >= 11 is 0. The van der Waals surface area contributed by atoms with E-state index in [2.05, 4.69) is 49.8 Å². The molecule has 0 atom stereocenters. The van der Waals surface area contributed by atoms with Gasteiger partial charge in [0.1, 0.15) is 11.5 Å². The van der Waals surface area contributed by atoms with Crippen LogP contribution in [0.2, 0.25) is 0 Å². The molecule has 10 heteroatoms. The predicted molar refractivity (Wildman–Crippen MR) is 139 cm³/mol. The summed E-state index contributed by atoms with van der Waals surface area (Å²) in [4.78, 5) is 13.1. The molecule has 5 rings (SSSR count). The van der Waals surface area contributed by atoms with Gasteiger partial charge in [-0.2, -0.15) is 5.10 Å². The predicted octanol–water partition coefficient (Wildman–Crippen LogP) is 3.83. The van der Waals surface area contributed by atoms with Crippen LogP contribution in [0, 0.1) is 19.3 Å². The molecule has 10 nitrogen and oxygen atoms in total. The average molecular weight is 487 g/mol. The number of anilines is 2. The van der Waals surface area contributed by atoms with Crippen molar-refractivity contribution in [3.63, 3.8) is 0 Å². The highest BCUT2D eigenvalue weighted by molar-refractivity contribution is 5.95. The van der Waals surface area contributed by atoms with Gasteiger partial charge in [0.2, 0.25) is 0 Å². The van der Waals surface area contributed by atoms with E-state index in [9.17, 15) is 0 Å². The normalized spacial score (nSPS) is 12.5. The summed E-state index contributed by atoms with van der Waals surface area (Å²) in [5.74, 6) is 1.50. The lowest BCUT2D eigenvalue weighted by molar-refractivity contribution is -0.122. The standard InChI is InChI=1S/C25H28N8.CH2O2/c1-15-7-19(25(26)27)8-16(2)22(15)12-29-23-9-20(11-30-32-23)28-10-21-14-33-13-18(17-3-4-17)5-6-24(33)31-21;2-1-3/h5-9,11,13-14,17H,3-4,10,12H2,1-2H3,(H3,26,27)(H2,28,29,32);1H,(H,2,3). The molecule has 1 aliphatic carbocycles. The third-order valence-corrected chi connectivity index (χ3v) is 6.15. The monoisotopic (exact) mass is 486 g/mol. The van der Waals surface area contributed by atoms with Gasteiger partial charge in [-0.1, -0.05) is 6.07 Å². The number of hydrogen-bond acceptors (Lipinski definition) is 7. The molecule has 0 spiro atoms. The second-order valence-electron chi connectivity index (χ2n) is 8.88. The van der Waals surface area contributed by atoms with Gasteiger partial charge in [-0.3, -0.25) is 10.2 Å². The number of nitrogens with two attached hydrogens (primary N) is 1. The Labute approximate surface area is 209 Å². The number of imidazole rings is 1. The molecule has 0 amide bonds. The Morgan fingerprint density at radius 1 is 1.17 bits per heavy atom.